The van der Waals surface area contributed by atoms with Crippen molar-refractivity contribution >= 4 is 6.02 Å². The Labute approximate surface area is 116 Å². The van der Waals surface area contributed by atoms with Gasteiger partial charge in [-0.25, -0.2) is 18.2 Å². The molecule has 0 aromatic heterocycles. The number of alkyl halides is 2. The van der Waals surface area contributed by atoms with E-state index >= 15 is 0 Å². The molecule has 0 aromatic carbocycles. The summed E-state index contributed by atoms with van der Waals surface area (Å²) >= 11 is 0. The highest BCUT2D eigenvalue weighted by atomic mass is 19.3. The van der Waals surface area contributed by atoms with Crippen LogP contribution in [0.3, 0.4) is 0 Å². The van der Waals surface area contributed by atoms with Gasteiger partial charge in [-0.1, -0.05) is 0 Å². The topological polar surface area (TPSA) is 36.9 Å². The number of allylic oxidation sites excluding steroid dienone is 2. The van der Waals surface area contributed by atoms with E-state index < -0.39 is 11.5 Å². The maximum absolute atomic E-state index is 13.5. The van der Waals surface area contributed by atoms with Crippen LogP contribution in [-0.2, 0) is 4.74 Å². The van der Waals surface area contributed by atoms with E-state index in [0.717, 1.165) is 0 Å². The molecule has 2 aliphatic heterocycles. The van der Waals surface area contributed by atoms with Crippen molar-refractivity contribution in [2.24, 2.45) is 4.99 Å². The molecule has 20 heavy (non-hydrogen) atoms. The number of fused-ring (bicyclic) bond motifs is 1. The Balaban J connectivity index is 1.93. The minimum absolute atomic E-state index is 0.140. The van der Waals surface area contributed by atoms with Crippen molar-refractivity contribution in [3.8, 4) is 0 Å². The first-order valence-corrected chi connectivity index (χ1v) is 6.60. The standard InChI is InChI=1S/C13H20F3N3O/c1-9(14)10(2)18-11(17-3)20-8-12-4-5-19(12)7-13(15,16)6-12/h4-8H2,1-3H3,(H,17,18)/b10-9-. The number of aliphatic imine (C=N–C) groups is 1. The number of hydrogen-bond donors (Lipinski definition) is 1. The Morgan fingerprint density at radius 3 is 2.55 bits per heavy atom. The minimum Gasteiger partial charge on any atom is -0.463 e. The first-order valence-electron chi connectivity index (χ1n) is 6.60. The zero-order valence-corrected chi connectivity index (χ0v) is 12.0. The van der Waals surface area contributed by atoms with Crippen LogP contribution < -0.4 is 5.32 Å². The third-order valence-corrected chi connectivity index (χ3v) is 4.02. The SMILES string of the molecule is CN=C(N/C(C)=C(/C)F)OCC12CCN1CC(F)(F)C2. The summed E-state index contributed by atoms with van der Waals surface area (Å²) in [5, 5.41) is 2.69. The molecule has 0 aliphatic carbocycles. The summed E-state index contributed by atoms with van der Waals surface area (Å²) in [5.74, 6) is -3.02. The second kappa shape index (κ2) is 5.27. The third-order valence-electron chi connectivity index (χ3n) is 4.02. The molecule has 114 valence electrons. The molecule has 7 heteroatoms. The molecule has 1 unspecified atom stereocenters. The molecule has 2 fully saturated rings. The van der Waals surface area contributed by atoms with Gasteiger partial charge < -0.3 is 10.1 Å². The molecule has 2 saturated heterocycles. The number of hydrogen-bond acceptors (Lipinski definition) is 3. The molecule has 4 nitrogen and oxygen atoms in total. The van der Waals surface area contributed by atoms with Crippen LogP contribution in [0.1, 0.15) is 26.7 Å². The number of halogens is 3. The van der Waals surface area contributed by atoms with Crippen LogP contribution in [0, 0.1) is 0 Å². The Morgan fingerprint density at radius 2 is 2.10 bits per heavy atom. The van der Waals surface area contributed by atoms with Crippen LogP contribution in [0.4, 0.5) is 13.2 Å². The largest absolute Gasteiger partial charge is 0.463 e. The van der Waals surface area contributed by atoms with Crippen LogP contribution >= 0.6 is 0 Å². The van der Waals surface area contributed by atoms with E-state index in [0.29, 0.717) is 18.7 Å². The Kier molecular flexibility index (Phi) is 4.00. The summed E-state index contributed by atoms with van der Waals surface area (Å²) < 4.78 is 45.4. The van der Waals surface area contributed by atoms with Crippen LogP contribution in [0.15, 0.2) is 16.5 Å². The summed E-state index contributed by atoms with van der Waals surface area (Å²) in [4.78, 5) is 5.62. The lowest BCUT2D eigenvalue weighted by Crippen LogP contribution is -2.58. The van der Waals surface area contributed by atoms with Gasteiger partial charge in [0, 0.05) is 25.7 Å². The summed E-state index contributed by atoms with van der Waals surface area (Å²) in [7, 11) is 1.50. The van der Waals surface area contributed by atoms with Gasteiger partial charge in [0.25, 0.3) is 11.9 Å². The molecule has 0 aromatic rings. The van der Waals surface area contributed by atoms with E-state index in [1.807, 2.05) is 0 Å². The van der Waals surface area contributed by atoms with Gasteiger partial charge in [0.05, 0.1) is 12.1 Å². The maximum Gasteiger partial charge on any atom is 0.288 e. The average Bonchev–Trinajstić information content (AvgIpc) is 2.54. The molecule has 2 rings (SSSR count). The van der Waals surface area contributed by atoms with Gasteiger partial charge in [-0.3, -0.25) is 4.90 Å². The van der Waals surface area contributed by atoms with Gasteiger partial charge in [-0.15, -0.1) is 0 Å². The second-order valence-corrected chi connectivity index (χ2v) is 5.53. The zero-order chi connectivity index (χ0) is 15.0. The first kappa shape index (κ1) is 15.2. The number of nitrogens with one attached hydrogen (secondary N) is 1. The van der Waals surface area contributed by atoms with Crippen molar-refractivity contribution in [1.29, 1.82) is 0 Å². The number of nitrogens with zero attached hydrogens (tertiary/aromatic N) is 2. The van der Waals surface area contributed by atoms with Crippen LogP contribution in [0.2, 0.25) is 0 Å². The summed E-state index contributed by atoms with van der Waals surface area (Å²) in [5.41, 5.74) is -0.297. The lowest BCUT2D eigenvalue weighted by Gasteiger charge is -2.46. The molecule has 0 bridgehead atoms. The molecule has 2 aliphatic rings. The molecule has 0 spiro atoms. The minimum atomic E-state index is -2.65. The van der Waals surface area contributed by atoms with E-state index in [4.69, 9.17) is 4.74 Å². The Bertz CT molecular complexity index is 446. The first-order chi connectivity index (χ1) is 9.28. The third kappa shape index (κ3) is 2.92. The van der Waals surface area contributed by atoms with Gasteiger partial charge >= 0.3 is 0 Å². The maximum atomic E-state index is 13.5. The quantitative estimate of drug-likeness (QED) is 0.640. The van der Waals surface area contributed by atoms with Gasteiger partial charge in [-0.05, 0) is 20.3 Å². The Hall–Kier alpha value is -1.24. The zero-order valence-electron chi connectivity index (χ0n) is 12.0. The fourth-order valence-corrected chi connectivity index (χ4v) is 2.67. The molecular weight excluding hydrogens is 271 g/mol. The lowest BCUT2D eigenvalue weighted by atomic mass is 9.85. The fourth-order valence-electron chi connectivity index (χ4n) is 2.67. The van der Waals surface area contributed by atoms with E-state index in [9.17, 15) is 13.2 Å². The lowest BCUT2D eigenvalue weighted by molar-refractivity contribution is -0.0157. The predicted octanol–water partition coefficient (Wildman–Crippen LogP) is 2.28. The molecule has 2 heterocycles. The van der Waals surface area contributed by atoms with E-state index in [-0.39, 0.29) is 31.4 Å². The van der Waals surface area contributed by atoms with Crippen LogP contribution in [0.5, 0.6) is 0 Å². The van der Waals surface area contributed by atoms with Gasteiger partial charge in [0.1, 0.15) is 12.4 Å². The van der Waals surface area contributed by atoms with Crippen molar-refractivity contribution in [2.45, 2.75) is 38.2 Å². The highest BCUT2D eigenvalue weighted by Gasteiger charge is 2.59. The number of ether oxygens (including phenoxy) is 1. The summed E-state index contributed by atoms with van der Waals surface area (Å²) in [6.07, 6.45) is 0.504. The highest BCUT2D eigenvalue weighted by Crippen LogP contribution is 2.47. The average molecular weight is 291 g/mol. The monoisotopic (exact) mass is 291 g/mol. The van der Waals surface area contributed by atoms with Gasteiger partial charge in [0.2, 0.25) is 0 Å². The smallest absolute Gasteiger partial charge is 0.288 e. The fraction of sp³-hybridized carbons (Fsp3) is 0.769. The second-order valence-electron chi connectivity index (χ2n) is 5.53. The Morgan fingerprint density at radius 1 is 1.40 bits per heavy atom. The number of rotatable bonds is 3. The summed E-state index contributed by atoms with van der Waals surface area (Å²) in [6, 6.07) is 0.149. The molecular formula is C13H20F3N3O. The molecule has 0 saturated carbocycles. The predicted molar refractivity (Wildman–Crippen MR) is 70.4 cm³/mol. The number of amidine groups is 1. The van der Waals surface area contributed by atoms with Crippen LogP contribution in [0.25, 0.3) is 0 Å². The van der Waals surface area contributed by atoms with Crippen molar-refractivity contribution in [3.05, 3.63) is 11.5 Å². The van der Waals surface area contributed by atoms with Crippen molar-refractivity contribution in [3.63, 3.8) is 0 Å². The van der Waals surface area contributed by atoms with Crippen molar-refractivity contribution in [1.82, 2.24) is 10.2 Å². The van der Waals surface area contributed by atoms with E-state index in [1.165, 1.54) is 14.0 Å². The van der Waals surface area contributed by atoms with E-state index in [2.05, 4.69) is 10.3 Å². The van der Waals surface area contributed by atoms with Crippen LogP contribution in [-0.4, -0.2) is 49.1 Å². The molecule has 0 radical (unpaired) electrons. The summed E-state index contributed by atoms with van der Waals surface area (Å²) in [6.45, 7) is 3.49. The van der Waals surface area contributed by atoms with E-state index in [1.54, 1.807) is 11.8 Å². The van der Waals surface area contributed by atoms with Gasteiger partial charge in [0.15, 0.2) is 0 Å². The highest BCUT2D eigenvalue weighted by molar-refractivity contribution is 5.75. The van der Waals surface area contributed by atoms with Crippen molar-refractivity contribution < 1.29 is 17.9 Å². The molecule has 1 N–H and O–H groups in total. The molecule has 1 atom stereocenters. The molecule has 0 amide bonds. The van der Waals surface area contributed by atoms with Crippen molar-refractivity contribution in [2.75, 3.05) is 26.7 Å². The van der Waals surface area contributed by atoms with Gasteiger partial charge in [-0.2, -0.15) is 0 Å². The normalized spacial score (nSPS) is 30.4.